The van der Waals surface area contributed by atoms with Gasteiger partial charge in [-0.1, -0.05) is 5.92 Å². The van der Waals surface area contributed by atoms with Gasteiger partial charge in [-0.3, -0.25) is 9.59 Å². The summed E-state index contributed by atoms with van der Waals surface area (Å²) in [6, 6.07) is 5.86. The molecule has 0 aromatic heterocycles. The van der Waals surface area contributed by atoms with E-state index in [0.717, 1.165) is 36.3 Å². The van der Waals surface area contributed by atoms with Crippen molar-refractivity contribution in [2.45, 2.75) is 19.3 Å². The third kappa shape index (κ3) is 2.52. The lowest BCUT2D eigenvalue weighted by atomic mass is 9.97. The molecule has 2 heterocycles. The maximum atomic E-state index is 12.0. The summed E-state index contributed by atoms with van der Waals surface area (Å²) >= 11 is 0. The number of amides is 1. The standard InChI is InChI=1S/C17H18N2O3/c1-2-7-19-15-6-5-14(9-13(15)10-16(19)20)18-8-3-4-12(11-18)17(21)22/h1,5-6,9,12H,3-4,7-8,10-11H2,(H,21,22). The molecule has 0 radical (unpaired) electrons. The smallest absolute Gasteiger partial charge is 0.308 e. The lowest BCUT2D eigenvalue weighted by molar-refractivity contribution is -0.142. The Morgan fingerprint density at radius 1 is 1.45 bits per heavy atom. The van der Waals surface area contributed by atoms with Crippen LogP contribution in [-0.2, 0) is 16.0 Å². The number of carbonyl (C=O) groups excluding carboxylic acids is 1. The minimum Gasteiger partial charge on any atom is -0.481 e. The predicted molar refractivity (Wildman–Crippen MR) is 83.9 cm³/mol. The van der Waals surface area contributed by atoms with Gasteiger partial charge in [0, 0.05) is 24.5 Å². The summed E-state index contributed by atoms with van der Waals surface area (Å²) in [5.74, 6) is 1.47. The molecule has 1 N–H and O–H groups in total. The van der Waals surface area contributed by atoms with Crippen molar-refractivity contribution < 1.29 is 14.7 Å². The van der Waals surface area contributed by atoms with Gasteiger partial charge in [-0.05, 0) is 36.6 Å². The summed E-state index contributed by atoms with van der Waals surface area (Å²) in [4.78, 5) is 26.9. The van der Waals surface area contributed by atoms with E-state index in [1.807, 2.05) is 18.2 Å². The van der Waals surface area contributed by atoms with Gasteiger partial charge < -0.3 is 14.9 Å². The highest BCUT2D eigenvalue weighted by Crippen LogP contribution is 2.33. The summed E-state index contributed by atoms with van der Waals surface area (Å²) in [5.41, 5.74) is 2.83. The molecular formula is C17H18N2O3. The zero-order chi connectivity index (χ0) is 15.7. The Balaban J connectivity index is 1.83. The molecule has 1 saturated heterocycles. The molecule has 1 fully saturated rings. The van der Waals surface area contributed by atoms with Crippen LogP contribution in [0.3, 0.4) is 0 Å². The molecule has 22 heavy (non-hydrogen) atoms. The molecule has 2 aliphatic rings. The van der Waals surface area contributed by atoms with Gasteiger partial charge in [0.25, 0.3) is 0 Å². The first kappa shape index (κ1) is 14.5. The summed E-state index contributed by atoms with van der Waals surface area (Å²) in [7, 11) is 0. The number of hydrogen-bond donors (Lipinski definition) is 1. The number of fused-ring (bicyclic) bond motifs is 1. The molecule has 1 amide bonds. The Morgan fingerprint density at radius 3 is 3.00 bits per heavy atom. The summed E-state index contributed by atoms with van der Waals surface area (Å²) in [6.07, 6.45) is 7.27. The number of hydrogen-bond acceptors (Lipinski definition) is 3. The number of piperidine rings is 1. The van der Waals surface area contributed by atoms with Crippen molar-refractivity contribution in [3.05, 3.63) is 23.8 Å². The third-order valence-electron chi connectivity index (χ3n) is 4.38. The lowest BCUT2D eigenvalue weighted by Crippen LogP contribution is -2.38. The van der Waals surface area contributed by atoms with E-state index in [-0.39, 0.29) is 18.4 Å². The molecule has 0 spiro atoms. The van der Waals surface area contributed by atoms with Crippen LogP contribution in [-0.4, -0.2) is 36.6 Å². The van der Waals surface area contributed by atoms with Crippen LogP contribution in [0, 0.1) is 18.3 Å². The van der Waals surface area contributed by atoms with Crippen LogP contribution in [0.4, 0.5) is 11.4 Å². The number of anilines is 2. The van der Waals surface area contributed by atoms with Crippen molar-refractivity contribution in [1.82, 2.24) is 0 Å². The number of benzene rings is 1. The number of carbonyl (C=O) groups is 2. The van der Waals surface area contributed by atoms with Gasteiger partial charge in [-0.2, -0.15) is 0 Å². The molecule has 1 aromatic rings. The summed E-state index contributed by atoms with van der Waals surface area (Å²) < 4.78 is 0. The molecular weight excluding hydrogens is 280 g/mol. The zero-order valence-electron chi connectivity index (χ0n) is 12.3. The van der Waals surface area contributed by atoms with E-state index in [1.165, 1.54) is 0 Å². The van der Waals surface area contributed by atoms with E-state index >= 15 is 0 Å². The quantitative estimate of drug-likeness (QED) is 0.859. The highest BCUT2D eigenvalue weighted by molar-refractivity contribution is 6.02. The Bertz CT molecular complexity index is 662. The van der Waals surface area contributed by atoms with Crippen molar-refractivity contribution in [2.75, 3.05) is 29.4 Å². The van der Waals surface area contributed by atoms with Crippen LogP contribution in [0.5, 0.6) is 0 Å². The average Bonchev–Trinajstić information content (AvgIpc) is 2.83. The van der Waals surface area contributed by atoms with Crippen LogP contribution in [0.25, 0.3) is 0 Å². The van der Waals surface area contributed by atoms with Gasteiger partial charge in [0.1, 0.15) is 0 Å². The maximum Gasteiger partial charge on any atom is 0.308 e. The summed E-state index contributed by atoms with van der Waals surface area (Å²) in [6.45, 7) is 1.66. The minimum atomic E-state index is -0.735. The van der Waals surface area contributed by atoms with Crippen LogP contribution in [0.1, 0.15) is 18.4 Å². The first-order valence-corrected chi connectivity index (χ1v) is 7.44. The molecule has 1 atom stereocenters. The number of carboxylic acid groups (broad SMARTS) is 1. The van der Waals surface area contributed by atoms with Gasteiger partial charge in [0.2, 0.25) is 5.91 Å². The number of nitrogens with zero attached hydrogens (tertiary/aromatic N) is 2. The summed E-state index contributed by atoms with van der Waals surface area (Å²) in [5, 5.41) is 9.19. The van der Waals surface area contributed by atoms with Crippen LogP contribution < -0.4 is 9.80 Å². The monoisotopic (exact) mass is 298 g/mol. The van der Waals surface area contributed by atoms with E-state index in [9.17, 15) is 14.7 Å². The molecule has 0 saturated carbocycles. The third-order valence-corrected chi connectivity index (χ3v) is 4.38. The first-order valence-electron chi connectivity index (χ1n) is 7.44. The highest BCUT2D eigenvalue weighted by atomic mass is 16.4. The topological polar surface area (TPSA) is 60.9 Å². The Kier molecular flexibility index (Phi) is 3.76. The zero-order valence-corrected chi connectivity index (χ0v) is 12.3. The molecule has 1 unspecified atom stereocenters. The molecule has 1 aromatic carbocycles. The van der Waals surface area contributed by atoms with E-state index in [2.05, 4.69) is 10.8 Å². The first-order chi connectivity index (χ1) is 10.6. The van der Waals surface area contributed by atoms with Gasteiger partial charge in [0.05, 0.1) is 18.9 Å². The van der Waals surface area contributed by atoms with E-state index < -0.39 is 5.97 Å². The SMILES string of the molecule is C#CCN1C(=O)Cc2cc(N3CCCC(C(=O)O)C3)ccc21. The van der Waals surface area contributed by atoms with E-state index in [4.69, 9.17) is 6.42 Å². The van der Waals surface area contributed by atoms with Gasteiger partial charge in [0.15, 0.2) is 0 Å². The van der Waals surface area contributed by atoms with Crippen LogP contribution >= 0.6 is 0 Å². The van der Waals surface area contributed by atoms with Crippen LogP contribution in [0.2, 0.25) is 0 Å². The molecule has 5 heteroatoms. The van der Waals surface area contributed by atoms with Crippen molar-refractivity contribution in [3.8, 4) is 12.3 Å². The fourth-order valence-electron chi connectivity index (χ4n) is 3.24. The second kappa shape index (κ2) is 5.72. The number of aliphatic carboxylic acids is 1. The fourth-order valence-corrected chi connectivity index (χ4v) is 3.24. The van der Waals surface area contributed by atoms with Crippen molar-refractivity contribution in [1.29, 1.82) is 0 Å². The van der Waals surface area contributed by atoms with Crippen molar-refractivity contribution in [2.24, 2.45) is 5.92 Å². The molecule has 2 aliphatic heterocycles. The number of terminal acetylenes is 1. The van der Waals surface area contributed by atoms with E-state index in [0.29, 0.717) is 13.0 Å². The molecule has 3 rings (SSSR count). The normalized spacial score (nSPS) is 20.7. The fraction of sp³-hybridized carbons (Fsp3) is 0.412. The Morgan fingerprint density at radius 2 is 2.27 bits per heavy atom. The van der Waals surface area contributed by atoms with Gasteiger partial charge >= 0.3 is 5.97 Å². The van der Waals surface area contributed by atoms with Gasteiger partial charge in [-0.15, -0.1) is 6.42 Å². The Labute approximate surface area is 129 Å². The lowest BCUT2D eigenvalue weighted by Gasteiger charge is -2.32. The molecule has 0 bridgehead atoms. The molecule has 114 valence electrons. The van der Waals surface area contributed by atoms with Crippen molar-refractivity contribution in [3.63, 3.8) is 0 Å². The number of rotatable bonds is 3. The predicted octanol–water partition coefficient (Wildman–Crippen LogP) is 1.51. The number of carboxylic acids is 1. The largest absolute Gasteiger partial charge is 0.481 e. The highest BCUT2D eigenvalue weighted by Gasteiger charge is 2.29. The second-order valence-electron chi connectivity index (χ2n) is 5.80. The van der Waals surface area contributed by atoms with Gasteiger partial charge in [-0.25, -0.2) is 0 Å². The average molecular weight is 298 g/mol. The Hall–Kier alpha value is -2.48. The second-order valence-corrected chi connectivity index (χ2v) is 5.80. The maximum absolute atomic E-state index is 12.0. The minimum absolute atomic E-state index is 0.0205. The van der Waals surface area contributed by atoms with E-state index in [1.54, 1.807) is 4.90 Å². The van der Waals surface area contributed by atoms with Crippen molar-refractivity contribution >= 4 is 23.3 Å². The molecule has 5 nitrogen and oxygen atoms in total. The molecule has 0 aliphatic carbocycles. The van der Waals surface area contributed by atoms with Crippen LogP contribution in [0.15, 0.2) is 18.2 Å².